The molecule has 29 heavy (non-hydrogen) atoms. The number of nitrogens with zero attached hydrogens (tertiary/aromatic N) is 3. The van der Waals surface area contributed by atoms with Crippen molar-refractivity contribution < 1.29 is 14.3 Å². The van der Waals surface area contributed by atoms with Crippen molar-refractivity contribution in [3.8, 4) is 11.5 Å². The van der Waals surface area contributed by atoms with E-state index in [1.54, 1.807) is 17.0 Å². The van der Waals surface area contributed by atoms with E-state index >= 15 is 0 Å². The number of primary amides is 1. The first-order chi connectivity index (χ1) is 13.8. The van der Waals surface area contributed by atoms with Crippen molar-refractivity contribution in [2.24, 2.45) is 5.73 Å². The maximum absolute atomic E-state index is 12.8. The molecule has 0 spiro atoms. The Hall–Kier alpha value is -2.35. The molecule has 3 rings (SSSR count). The highest BCUT2D eigenvalue weighted by Gasteiger charge is 2.25. The van der Waals surface area contributed by atoms with Crippen molar-refractivity contribution in [3.63, 3.8) is 0 Å². The fourth-order valence-corrected chi connectivity index (χ4v) is 3.38. The Morgan fingerprint density at radius 2 is 1.76 bits per heavy atom. The summed E-state index contributed by atoms with van der Waals surface area (Å²) in [6.07, 6.45) is 0. The second kappa shape index (κ2) is 8.98. The van der Waals surface area contributed by atoms with E-state index in [2.05, 4.69) is 23.7 Å². The van der Waals surface area contributed by atoms with Gasteiger partial charge in [0, 0.05) is 38.3 Å². The summed E-state index contributed by atoms with van der Waals surface area (Å²) in [7, 11) is 0. The van der Waals surface area contributed by atoms with Gasteiger partial charge in [0.2, 0.25) is 0 Å². The molecular weight excluding hydrogens is 415 g/mol. The summed E-state index contributed by atoms with van der Waals surface area (Å²) in [6, 6.07) is 8.16. The average molecular weight is 437 g/mol. The van der Waals surface area contributed by atoms with E-state index in [0.717, 1.165) is 13.1 Å². The van der Waals surface area contributed by atoms with E-state index < -0.39 is 5.91 Å². The Balaban J connectivity index is 1.79. The highest BCUT2D eigenvalue weighted by Crippen LogP contribution is 2.30. The van der Waals surface area contributed by atoms with Crippen LogP contribution in [0.2, 0.25) is 10.0 Å². The van der Waals surface area contributed by atoms with Crippen LogP contribution in [-0.4, -0.2) is 58.8 Å². The second-order valence-corrected chi connectivity index (χ2v) is 7.82. The van der Waals surface area contributed by atoms with Crippen LogP contribution >= 0.6 is 23.2 Å². The molecule has 1 fully saturated rings. The van der Waals surface area contributed by atoms with Gasteiger partial charge in [0.15, 0.2) is 11.4 Å². The lowest BCUT2D eigenvalue weighted by Gasteiger charge is -2.36. The number of amides is 2. The zero-order valence-corrected chi connectivity index (χ0v) is 17.7. The van der Waals surface area contributed by atoms with E-state index in [9.17, 15) is 9.59 Å². The van der Waals surface area contributed by atoms with Crippen LogP contribution in [0.5, 0.6) is 11.5 Å². The summed E-state index contributed by atoms with van der Waals surface area (Å²) in [4.78, 5) is 32.9. The molecule has 0 saturated carbocycles. The molecule has 0 bridgehead atoms. The van der Waals surface area contributed by atoms with Crippen LogP contribution in [0, 0.1) is 0 Å². The van der Waals surface area contributed by atoms with E-state index in [0.29, 0.717) is 34.9 Å². The summed E-state index contributed by atoms with van der Waals surface area (Å²) in [5, 5.41) is 0.691. The molecule has 1 saturated heterocycles. The van der Waals surface area contributed by atoms with Gasteiger partial charge in [-0.15, -0.1) is 0 Å². The summed E-state index contributed by atoms with van der Waals surface area (Å²) in [5.74, 6) is -0.527. The van der Waals surface area contributed by atoms with Gasteiger partial charge in [-0.1, -0.05) is 23.2 Å². The number of halogens is 2. The smallest absolute Gasteiger partial charge is 0.272 e. The van der Waals surface area contributed by atoms with Crippen LogP contribution in [-0.2, 0) is 0 Å². The van der Waals surface area contributed by atoms with Crippen LogP contribution in [0.1, 0.15) is 34.8 Å². The maximum Gasteiger partial charge on any atom is 0.272 e. The molecule has 0 atom stereocenters. The lowest BCUT2D eigenvalue weighted by Crippen LogP contribution is -2.50. The van der Waals surface area contributed by atoms with Crippen molar-refractivity contribution in [2.45, 2.75) is 19.9 Å². The molecular formula is C20H22Cl2N4O3. The lowest BCUT2D eigenvalue weighted by molar-refractivity contribution is 0.0590. The maximum atomic E-state index is 12.8. The van der Waals surface area contributed by atoms with Crippen LogP contribution in [0.15, 0.2) is 30.3 Å². The fourth-order valence-electron chi connectivity index (χ4n) is 3.10. The normalized spacial score (nSPS) is 14.9. The Kier molecular flexibility index (Phi) is 6.62. The number of pyridine rings is 1. The minimum atomic E-state index is -0.792. The molecule has 1 aliphatic heterocycles. The minimum absolute atomic E-state index is 0.122. The Morgan fingerprint density at radius 1 is 1.07 bits per heavy atom. The van der Waals surface area contributed by atoms with E-state index in [-0.39, 0.29) is 23.0 Å². The van der Waals surface area contributed by atoms with Crippen LogP contribution < -0.4 is 10.5 Å². The lowest BCUT2D eigenvalue weighted by atomic mass is 10.2. The largest absolute Gasteiger partial charge is 0.455 e. The molecule has 9 heteroatoms. The predicted molar refractivity (Wildman–Crippen MR) is 112 cm³/mol. The summed E-state index contributed by atoms with van der Waals surface area (Å²) in [6.45, 7) is 7.06. The topological polar surface area (TPSA) is 88.8 Å². The summed E-state index contributed by atoms with van der Waals surface area (Å²) < 4.78 is 5.69. The number of hydrogen-bond acceptors (Lipinski definition) is 5. The number of ether oxygens (including phenoxy) is 1. The van der Waals surface area contributed by atoms with Crippen LogP contribution in [0.3, 0.4) is 0 Å². The molecule has 1 aromatic heterocycles. The van der Waals surface area contributed by atoms with Gasteiger partial charge in [-0.25, -0.2) is 4.98 Å². The number of piperazine rings is 1. The first-order valence-corrected chi connectivity index (χ1v) is 9.99. The first-order valence-electron chi connectivity index (χ1n) is 9.23. The van der Waals surface area contributed by atoms with Crippen molar-refractivity contribution in [1.82, 2.24) is 14.8 Å². The number of benzene rings is 1. The average Bonchev–Trinajstić information content (AvgIpc) is 2.70. The molecule has 2 amide bonds. The number of aromatic nitrogens is 1. The molecule has 1 aromatic carbocycles. The van der Waals surface area contributed by atoms with Gasteiger partial charge in [-0.2, -0.15) is 0 Å². The fraction of sp³-hybridized carbons (Fsp3) is 0.350. The van der Waals surface area contributed by atoms with E-state index in [4.69, 9.17) is 33.7 Å². The van der Waals surface area contributed by atoms with E-state index in [1.807, 2.05) is 0 Å². The summed E-state index contributed by atoms with van der Waals surface area (Å²) >= 11 is 11.9. The predicted octanol–water partition coefficient (Wildman–Crippen LogP) is 3.45. The monoisotopic (exact) mass is 436 g/mol. The first kappa shape index (κ1) is 21.4. The number of nitrogens with two attached hydrogens (primary N) is 1. The SMILES string of the molecule is CC(C)N1CCN(C(=O)c2ccc(Oc3ccc(Cl)c(Cl)c3)c(C(N)=O)n2)CC1. The molecule has 0 radical (unpaired) electrons. The standard InChI is InChI=1S/C20H22Cl2N4O3/c1-12(2)25-7-9-26(10-8-25)20(28)16-5-6-17(18(24-16)19(23)27)29-13-3-4-14(21)15(22)11-13/h3-6,11-12H,7-10H2,1-2H3,(H2,23,27). The van der Waals surface area contributed by atoms with Crippen LogP contribution in [0.4, 0.5) is 0 Å². The molecule has 2 N–H and O–H groups in total. The highest BCUT2D eigenvalue weighted by molar-refractivity contribution is 6.42. The van der Waals surface area contributed by atoms with Crippen molar-refractivity contribution >= 4 is 35.0 Å². The molecule has 7 nitrogen and oxygen atoms in total. The third-order valence-corrected chi connectivity index (χ3v) is 5.50. The van der Waals surface area contributed by atoms with Crippen molar-refractivity contribution in [2.75, 3.05) is 26.2 Å². The molecule has 0 unspecified atom stereocenters. The molecule has 154 valence electrons. The third kappa shape index (κ3) is 4.98. The van der Waals surface area contributed by atoms with Crippen molar-refractivity contribution in [3.05, 3.63) is 51.8 Å². The molecule has 2 heterocycles. The second-order valence-electron chi connectivity index (χ2n) is 7.01. The molecule has 1 aliphatic rings. The van der Waals surface area contributed by atoms with Gasteiger partial charge in [-0.05, 0) is 38.1 Å². The number of carbonyl (C=O) groups is 2. The van der Waals surface area contributed by atoms with Gasteiger partial charge in [-0.3, -0.25) is 14.5 Å². The van der Waals surface area contributed by atoms with Crippen molar-refractivity contribution in [1.29, 1.82) is 0 Å². The van der Waals surface area contributed by atoms with Gasteiger partial charge in [0.05, 0.1) is 10.0 Å². The Bertz CT molecular complexity index is 928. The minimum Gasteiger partial charge on any atom is -0.455 e. The van der Waals surface area contributed by atoms with Gasteiger partial charge >= 0.3 is 0 Å². The van der Waals surface area contributed by atoms with Gasteiger partial charge in [0.1, 0.15) is 11.4 Å². The quantitative estimate of drug-likeness (QED) is 0.774. The van der Waals surface area contributed by atoms with E-state index in [1.165, 1.54) is 18.2 Å². The number of carbonyl (C=O) groups excluding carboxylic acids is 2. The van der Waals surface area contributed by atoms with Crippen LogP contribution in [0.25, 0.3) is 0 Å². The van der Waals surface area contributed by atoms with Gasteiger partial charge in [0.25, 0.3) is 11.8 Å². The Labute approximate surface area is 179 Å². The summed E-state index contributed by atoms with van der Waals surface area (Å²) in [5.41, 5.74) is 5.49. The number of rotatable bonds is 5. The van der Waals surface area contributed by atoms with Gasteiger partial charge < -0.3 is 15.4 Å². The molecule has 2 aromatic rings. The zero-order chi connectivity index (χ0) is 21.1. The Morgan fingerprint density at radius 3 is 2.34 bits per heavy atom. The third-order valence-electron chi connectivity index (χ3n) is 4.76. The number of hydrogen-bond donors (Lipinski definition) is 1. The molecule has 0 aliphatic carbocycles. The zero-order valence-electron chi connectivity index (χ0n) is 16.2. The highest BCUT2D eigenvalue weighted by atomic mass is 35.5.